The van der Waals surface area contributed by atoms with Gasteiger partial charge in [0, 0.05) is 32.8 Å². The first kappa shape index (κ1) is 39.5. The zero-order valence-electron chi connectivity index (χ0n) is 36.7. The van der Waals surface area contributed by atoms with Crippen LogP contribution in [0.2, 0.25) is 0 Å². The van der Waals surface area contributed by atoms with Gasteiger partial charge in [0.1, 0.15) is 16.9 Å². The molecule has 0 saturated heterocycles. The third-order valence-corrected chi connectivity index (χ3v) is 12.6. The second kappa shape index (κ2) is 16.0. The van der Waals surface area contributed by atoms with Gasteiger partial charge in [0.05, 0.1) is 18.1 Å². The maximum absolute atomic E-state index is 6.45. The first-order valence-corrected chi connectivity index (χ1v) is 21.9. The Labute approximate surface area is 369 Å². The fourth-order valence-electron chi connectivity index (χ4n) is 10.0. The normalized spacial score (nSPS) is 11.4. The van der Waals surface area contributed by atoms with Crippen LogP contribution in [0, 0.1) is 13.8 Å². The van der Waals surface area contributed by atoms with Gasteiger partial charge in [-0.2, -0.15) is 0 Å². The number of benzene rings is 9. The minimum atomic E-state index is 0.863. The Morgan fingerprint density at radius 3 is 1.81 bits per heavy atom. The Morgan fingerprint density at radius 2 is 1.10 bits per heavy atom. The summed E-state index contributed by atoms with van der Waals surface area (Å²) in [6, 6.07) is 63.0. The molecule has 0 saturated carbocycles. The Balaban J connectivity index is 0.000000317. The minimum Gasteiger partial charge on any atom is -0.496 e. The summed E-state index contributed by atoms with van der Waals surface area (Å²) in [6.07, 6.45) is 0. The molecule has 0 fully saturated rings. The Hall–Kier alpha value is -7.62. The highest BCUT2D eigenvalue weighted by Crippen LogP contribution is 2.50. The van der Waals surface area contributed by atoms with Gasteiger partial charge in [-0.1, -0.05) is 153 Å². The summed E-state index contributed by atoms with van der Waals surface area (Å²) in [6.45, 7) is 14.2. The van der Waals surface area contributed by atoms with E-state index in [2.05, 4.69) is 208 Å². The van der Waals surface area contributed by atoms with Crippen molar-refractivity contribution in [2.75, 3.05) is 7.11 Å². The van der Waals surface area contributed by atoms with Crippen molar-refractivity contribution >= 4 is 60.1 Å². The van der Waals surface area contributed by atoms with Crippen molar-refractivity contribution < 1.29 is 9.15 Å². The lowest BCUT2D eigenvalue weighted by Crippen LogP contribution is -1.94. The van der Waals surface area contributed by atoms with E-state index in [-0.39, 0.29) is 0 Å². The van der Waals surface area contributed by atoms with Crippen LogP contribution in [0.5, 0.6) is 5.75 Å². The van der Waals surface area contributed by atoms with Gasteiger partial charge in [0.2, 0.25) is 0 Å². The number of aromatic nitrogens is 1. The molecule has 3 nitrogen and oxygen atoms in total. The van der Waals surface area contributed by atoms with Crippen LogP contribution in [-0.2, 0) is 0 Å². The molecule has 9 aromatic carbocycles. The maximum atomic E-state index is 6.45. The minimum absolute atomic E-state index is 0.863. The summed E-state index contributed by atoms with van der Waals surface area (Å²) in [4.78, 5) is 0. The van der Waals surface area contributed by atoms with E-state index in [1.165, 1.54) is 71.6 Å². The first-order valence-electron chi connectivity index (χ1n) is 21.9. The van der Waals surface area contributed by atoms with E-state index in [1.54, 1.807) is 7.11 Å². The van der Waals surface area contributed by atoms with E-state index >= 15 is 0 Å². The second-order valence-corrected chi connectivity index (χ2v) is 16.2. The van der Waals surface area contributed by atoms with E-state index in [9.17, 15) is 0 Å². The summed E-state index contributed by atoms with van der Waals surface area (Å²) >= 11 is 0. The van der Waals surface area contributed by atoms with E-state index in [0.717, 1.165) is 61.1 Å². The van der Waals surface area contributed by atoms with E-state index in [4.69, 9.17) is 9.15 Å². The predicted octanol–water partition coefficient (Wildman–Crippen LogP) is 17.2. The van der Waals surface area contributed by atoms with Gasteiger partial charge in [-0.3, -0.25) is 0 Å². The van der Waals surface area contributed by atoms with Crippen molar-refractivity contribution in [3.8, 4) is 55.9 Å². The summed E-state index contributed by atoms with van der Waals surface area (Å²) in [7, 11) is 1.75. The predicted molar refractivity (Wildman–Crippen MR) is 269 cm³/mol. The SMILES string of the molecule is C=C(C)c1c(C)cccc1C.CC.COc1ccc2c(c1-c1ccccc1)c1ccccc1n2-c1ccc2oc3ccc(-c4ccc5c6c(cccc46)-c4ccccc4-5)cc3c2c1. The Morgan fingerprint density at radius 1 is 0.492 bits per heavy atom. The number of nitrogens with zero attached hydrogens (tertiary/aromatic N) is 1. The van der Waals surface area contributed by atoms with Gasteiger partial charge < -0.3 is 13.7 Å². The van der Waals surface area contributed by atoms with Gasteiger partial charge in [0.15, 0.2) is 0 Å². The quantitative estimate of drug-likeness (QED) is 0.173. The molecule has 2 aromatic heterocycles. The van der Waals surface area contributed by atoms with Crippen molar-refractivity contribution in [2.24, 2.45) is 0 Å². The second-order valence-electron chi connectivity index (χ2n) is 16.2. The van der Waals surface area contributed by atoms with Crippen molar-refractivity contribution in [3.63, 3.8) is 0 Å². The van der Waals surface area contributed by atoms with Crippen LogP contribution in [0.15, 0.2) is 187 Å². The fourth-order valence-corrected chi connectivity index (χ4v) is 10.0. The maximum Gasteiger partial charge on any atom is 0.135 e. The van der Waals surface area contributed by atoms with E-state index in [0.29, 0.717) is 0 Å². The zero-order valence-corrected chi connectivity index (χ0v) is 36.7. The van der Waals surface area contributed by atoms with Crippen LogP contribution in [-0.4, -0.2) is 11.7 Å². The van der Waals surface area contributed by atoms with Gasteiger partial charge in [-0.15, -0.1) is 0 Å². The first-order chi connectivity index (χ1) is 30.9. The average Bonchev–Trinajstić information content (AvgIpc) is 3.98. The smallest absolute Gasteiger partial charge is 0.135 e. The molecule has 12 rings (SSSR count). The average molecular weight is 816 g/mol. The number of furan rings is 1. The molecule has 11 aromatic rings. The topological polar surface area (TPSA) is 27.3 Å². The summed E-state index contributed by atoms with van der Waals surface area (Å²) in [5.41, 5.74) is 20.1. The number of hydrogen-bond acceptors (Lipinski definition) is 2. The third kappa shape index (κ3) is 6.43. The lowest BCUT2D eigenvalue weighted by molar-refractivity contribution is 0.417. The molecule has 0 aliphatic heterocycles. The molecular formula is C60H49NO2. The number of ether oxygens (including phenoxy) is 1. The molecule has 63 heavy (non-hydrogen) atoms. The fraction of sp³-hybridized carbons (Fsp3) is 0.100. The molecule has 0 radical (unpaired) electrons. The van der Waals surface area contributed by atoms with Crippen LogP contribution in [0.3, 0.4) is 0 Å². The number of rotatable bonds is 5. The van der Waals surface area contributed by atoms with Gasteiger partial charge in [0.25, 0.3) is 0 Å². The van der Waals surface area contributed by atoms with E-state index in [1.807, 2.05) is 13.8 Å². The Kier molecular flexibility index (Phi) is 10.0. The highest BCUT2D eigenvalue weighted by Gasteiger charge is 2.23. The standard InChI is InChI=1S/C47H29NO2.C11H14.C2H6/c1-49-44-25-22-41-47(45(44)28-10-3-2-4-11-28)37-14-7-8-17-40(37)48(41)30-19-24-43-39(27-30)38-26-29(18-23-42(38)50-43)31-20-21-36-33-13-6-5-12-32(33)35-16-9-15-34(31)46(35)36;1-8(2)11-9(3)6-5-7-10(11)4;1-2/h2-27H,1H3;5-7H,1H2,2-4H3;1-2H3. The molecule has 0 amide bonds. The summed E-state index contributed by atoms with van der Waals surface area (Å²) < 4.78 is 14.8. The number of aryl methyl sites for hydroxylation is 2. The van der Waals surface area contributed by atoms with Crippen molar-refractivity contribution in [3.05, 3.63) is 199 Å². The van der Waals surface area contributed by atoms with Crippen LogP contribution in [0.1, 0.15) is 37.5 Å². The molecule has 1 aliphatic rings. The number of para-hydroxylation sites is 1. The molecule has 1 aliphatic carbocycles. The molecule has 0 atom stereocenters. The van der Waals surface area contributed by atoms with Crippen LogP contribution in [0.25, 0.3) is 110 Å². The Bertz CT molecular complexity index is 3520. The molecular weight excluding hydrogens is 767 g/mol. The molecule has 0 unspecified atom stereocenters. The van der Waals surface area contributed by atoms with Gasteiger partial charge in [-0.25, -0.2) is 0 Å². The van der Waals surface area contributed by atoms with E-state index < -0.39 is 0 Å². The van der Waals surface area contributed by atoms with Crippen LogP contribution >= 0.6 is 0 Å². The molecule has 0 N–H and O–H groups in total. The molecule has 0 spiro atoms. The molecule has 2 heterocycles. The molecule has 3 heteroatoms. The number of allylic oxidation sites excluding steroid dienone is 1. The van der Waals surface area contributed by atoms with Crippen LogP contribution < -0.4 is 4.74 Å². The van der Waals surface area contributed by atoms with Gasteiger partial charge >= 0.3 is 0 Å². The van der Waals surface area contributed by atoms with Crippen molar-refractivity contribution in [1.29, 1.82) is 0 Å². The largest absolute Gasteiger partial charge is 0.496 e. The summed E-state index contributed by atoms with van der Waals surface area (Å²) in [5.74, 6) is 0.863. The number of hydrogen-bond donors (Lipinski definition) is 0. The van der Waals surface area contributed by atoms with Crippen molar-refractivity contribution in [2.45, 2.75) is 34.6 Å². The number of fused-ring (bicyclic) bond motifs is 9. The lowest BCUT2D eigenvalue weighted by atomic mass is 9.93. The monoisotopic (exact) mass is 815 g/mol. The zero-order chi connectivity index (χ0) is 43.4. The van der Waals surface area contributed by atoms with Crippen LogP contribution in [0.4, 0.5) is 0 Å². The lowest BCUT2D eigenvalue weighted by Gasteiger charge is -2.12. The molecule has 306 valence electrons. The highest BCUT2D eigenvalue weighted by molar-refractivity contribution is 6.20. The van der Waals surface area contributed by atoms with Crippen molar-refractivity contribution in [1.82, 2.24) is 4.57 Å². The third-order valence-electron chi connectivity index (χ3n) is 12.6. The summed E-state index contributed by atoms with van der Waals surface area (Å²) in [5, 5.41) is 7.19. The number of methoxy groups -OCH3 is 1. The highest BCUT2D eigenvalue weighted by atomic mass is 16.5. The van der Waals surface area contributed by atoms with Gasteiger partial charge in [-0.05, 0) is 136 Å². The molecule has 0 bridgehead atoms.